The van der Waals surface area contributed by atoms with Crippen molar-refractivity contribution in [1.82, 2.24) is 5.32 Å². The molecular formula is C48H93NO5. The number of amides is 1. The zero-order valence-corrected chi connectivity index (χ0v) is 36.4. The maximum atomic E-state index is 13.1. The smallest absolute Gasteiger partial charge is 0.306 e. The molecule has 0 aromatic carbocycles. The number of esters is 1. The molecule has 0 saturated heterocycles. The molecule has 0 aliphatic heterocycles. The number of carbonyl (C=O) groups is 2. The first kappa shape index (κ1) is 52.6. The van der Waals surface area contributed by atoms with Gasteiger partial charge in [-0.15, -0.1) is 0 Å². The maximum Gasteiger partial charge on any atom is 0.306 e. The molecule has 0 radical (unpaired) electrons. The van der Waals surface area contributed by atoms with Gasteiger partial charge in [-0.1, -0.05) is 213 Å². The summed E-state index contributed by atoms with van der Waals surface area (Å²) >= 11 is 0. The summed E-state index contributed by atoms with van der Waals surface area (Å²) in [7, 11) is 0. The highest BCUT2D eigenvalue weighted by molar-refractivity contribution is 5.77. The lowest BCUT2D eigenvalue weighted by Crippen LogP contribution is -2.46. The summed E-state index contributed by atoms with van der Waals surface area (Å²) in [6.07, 6.45) is 45.7. The van der Waals surface area contributed by atoms with Crippen molar-refractivity contribution in [3.63, 3.8) is 0 Å². The van der Waals surface area contributed by atoms with E-state index < -0.39 is 18.2 Å². The lowest BCUT2D eigenvalue weighted by Gasteiger charge is -2.24. The first-order valence-corrected chi connectivity index (χ1v) is 23.9. The van der Waals surface area contributed by atoms with Crippen molar-refractivity contribution in [2.24, 2.45) is 0 Å². The van der Waals surface area contributed by atoms with Gasteiger partial charge < -0.3 is 20.3 Å². The van der Waals surface area contributed by atoms with Crippen LogP contribution in [0, 0.1) is 0 Å². The predicted molar refractivity (Wildman–Crippen MR) is 232 cm³/mol. The molecule has 0 saturated carbocycles. The van der Waals surface area contributed by atoms with E-state index in [1.54, 1.807) is 0 Å². The molecule has 0 aliphatic rings. The quantitative estimate of drug-likeness (QED) is 0.0326. The Balaban J connectivity index is 4.33. The molecule has 1 amide bonds. The first-order chi connectivity index (χ1) is 26.5. The summed E-state index contributed by atoms with van der Waals surface area (Å²) in [6.45, 7) is 6.42. The van der Waals surface area contributed by atoms with Crippen molar-refractivity contribution in [3.8, 4) is 0 Å². The van der Waals surface area contributed by atoms with Crippen LogP contribution in [0.4, 0.5) is 0 Å². The van der Waals surface area contributed by atoms with Crippen LogP contribution in [0.15, 0.2) is 12.2 Å². The van der Waals surface area contributed by atoms with Crippen molar-refractivity contribution in [2.75, 3.05) is 6.61 Å². The number of hydrogen-bond donors (Lipinski definition) is 3. The number of carbonyl (C=O) groups excluding carboxylic acids is 2. The zero-order valence-electron chi connectivity index (χ0n) is 36.4. The Morgan fingerprint density at radius 2 is 0.907 bits per heavy atom. The van der Waals surface area contributed by atoms with Crippen molar-refractivity contribution in [3.05, 3.63) is 12.2 Å². The fourth-order valence-electron chi connectivity index (χ4n) is 7.41. The molecule has 0 rings (SSSR count). The van der Waals surface area contributed by atoms with E-state index in [4.69, 9.17) is 4.74 Å². The molecule has 54 heavy (non-hydrogen) atoms. The summed E-state index contributed by atoms with van der Waals surface area (Å²) < 4.78 is 5.87. The largest absolute Gasteiger partial charge is 0.462 e. The zero-order chi connectivity index (χ0) is 39.6. The van der Waals surface area contributed by atoms with Gasteiger partial charge in [0.1, 0.15) is 6.10 Å². The van der Waals surface area contributed by atoms with Gasteiger partial charge in [0, 0.05) is 6.42 Å². The molecule has 3 N–H and O–H groups in total. The Hall–Kier alpha value is -1.40. The molecule has 0 fully saturated rings. The highest BCUT2D eigenvalue weighted by atomic mass is 16.5. The number of aliphatic hydroxyl groups excluding tert-OH is 2. The Labute approximate surface area is 336 Å². The normalized spacial score (nSPS) is 13.4. The number of rotatable bonds is 43. The number of allylic oxidation sites excluding steroid dienone is 2. The second kappa shape index (κ2) is 42.7. The maximum absolute atomic E-state index is 13.1. The van der Waals surface area contributed by atoms with Crippen LogP contribution in [0.25, 0.3) is 0 Å². The van der Waals surface area contributed by atoms with Gasteiger partial charge in [0.05, 0.1) is 25.2 Å². The Morgan fingerprint density at radius 3 is 1.37 bits per heavy atom. The Kier molecular flexibility index (Phi) is 41.6. The van der Waals surface area contributed by atoms with Crippen LogP contribution in [0.1, 0.15) is 258 Å². The monoisotopic (exact) mass is 764 g/mol. The molecular weight excluding hydrogens is 671 g/mol. The topological polar surface area (TPSA) is 95.9 Å². The molecule has 0 heterocycles. The van der Waals surface area contributed by atoms with Gasteiger partial charge in [-0.05, 0) is 44.9 Å². The van der Waals surface area contributed by atoms with Gasteiger partial charge in [0.15, 0.2) is 0 Å². The molecule has 0 aromatic rings. The predicted octanol–water partition coefficient (Wildman–Crippen LogP) is 13.8. The minimum atomic E-state index is -0.781. The summed E-state index contributed by atoms with van der Waals surface area (Å²) in [5.41, 5.74) is 0. The van der Waals surface area contributed by atoms with E-state index in [2.05, 4.69) is 38.2 Å². The van der Waals surface area contributed by atoms with Crippen LogP contribution in [-0.2, 0) is 14.3 Å². The van der Waals surface area contributed by atoms with E-state index >= 15 is 0 Å². The molecule has 0 spiro atoms. The van der Waals surface area contributed by atoms with E-state index in [1.165, 1.54) is 161 Å². The molecule has 3 atom stereocenters. The Morgan fingerprint density at radius 1 is 0.519 bits per heavy atom. The van der Waals surface area contributed by atoms with Crippen LogP contribution in [-0.4, -0.2) is 46.9 Å². The number of unbranched alkanes of at least 4 members (excludes halogenated alkanes) is 29. The van der Waals surface area contributed by atoms with Gasteiger partial charge in [-0.3, -0.25) is 9.59 Å². The molecule has 0 aromatic heterocycles. The van der Waals surface area contributed by atoms with Gasteiger partial charge >= 0.3 is 5.97 Å². The second-order valence-electron chi connectivity index (χ2n) is 16.5. The van der Waals surface area contributed by atoms with Crippen LogP contribution >= 0.6 is 0 Å². The van der Waals surface area contributed by atoms with E-state index in [0.717, 1.165) is 51.4 Å². The fourth-order valence-corrected chi connectivity index (χ4v) is 7.41. The third kappa shape index (κ3) is 37.5. The molecule has 3 unspecified atom stereocenters. The molecule has 320 valence electrons. The van der Waals surface area contributed by atoms with Crippen molar-refractivity contribution in [2.45, 2.75) is 277 Å². The van der Waals surface area contributed by atoms with Crippen molar-refractivity contribution < 1.29 is 24.5 Å². The number of nitrogens with one attached hydrogen (secondary N) is 1. The summed E-state index contributed by atoms with van der Waals surface area (Å²) in [5.74, 6) is -0.479. The average Bonchev–Trinajstić information content (AvgIpc) is 3.16. The molecule has 0 bridgehead atoms. The lowest BCUT2D eigenvalue weighted by molar-refractivity contribution is -0.151. The van der Waals surface area contributed by atoms with Crippen LogP contribution in [0.3, 0.4) is 0 Å². The van der Waals surface area contributed by atoms with E-state index in [9.17, 15) is 19.8 Å². The van der Waals surface area contributed by atoms with Crippen LogP contribution in [0.5, 0.6) is 0 Å². The van der Waals surface area contributed by atoms with E-state index in [0.29, 0.717) is 19.3 Å². The fraction of sp³-hybridized carbons (Fsp3) is 0.917. The standard InChI is InChI=1S/C48H93NO5/c1-4-7-10-13-16-18-20-21-22-23-24-25-27-28-31-34-37-40-46(51)45(43-50)49-47(52)42-44(39-36-33-30-15-12-9-6-3)54-48(53)41-38-35-32-29-26-19-17-14-11-8-5-2/h14,17,44-46,50-51H,4-13,15-16,18-43H2,1-3H3,(H,49,52)/b17-14-. The van der Waals surface area contributed by atoms with Gasteiger partial charge in [-0.25, -0.2) is 0 Å². The SMILES string of the molecule is CCCC/C=C\CCCCCCCC(=O)OC(CCCCCCCCC)CC(=O)NC(CO)C(O)CCCCCCCCCCCCCCCCCCC. The molecule has 0 aliphatic carbocycles. The van der Waals surface area contributed by atoms with E-state index in [1.807, 2.05) is 0 Å². The summed E-state index contributed by atoms with van der Waals surface area (Å²) in [4.78, 5) is 25.9. The summed E-state index contributed by atoms with van der Waals surface area (Å²) in [6, 6.07) is -0.694. The first-order valence-electron chi connectivity index (χ1n) is 23.9. The van der Waals surface area contributed by atoms with Crippen molar-refractivity contribution >= 4 is 11.9 Å². The minimum Gasteiger partial charge on any atom is -0.462 e. The van der Waals surface area contributed by atoms with Crippen molar-refractivity contribution in [1.29, 1.82) is 0 Å². The van der Waals surface area contributed by atoms with Crippen LogP contribution in [0.2, 0.25) is 0 Å². The Bertz CT molecular complexity index is 817. The van der Waals surface area contributed by atoms with Gasteiger partial charge in [0.2, 0.25) is 5.91 Å². The summed E-state index contributed by atoms with van der Waals surface area (Å²) in [5, 5.41) is 23.7. The number of hydrogen-bond acceptors (Lipinski definition) is 5. The highest BCUT2D eigenvalue weighted by Gasteiger charge is 2.24. The third-order valence-electron chi connectivity index (χ3n) is 11.1. The van der Waals surface area contributed by atoms with Gasteiger partial charge in [0.25, 0.3) is 0 Å². The minimum absolute atomic E-state index is 0.0791. The third-order valence-corrected chi connectivity index (χ3v) is 11.1. The average molecular weight is 764 g/mol. The number of aliphatic hydroxyl groups is 2. The van der Waals surface area contributed by atoms with E-state index in [-0.39, 0.29) is 24.9 Å². The second-order valence-corrected chi connectivity index (χ2v) is 16.5. The lowest BCUT2D eigenvalue weighted by atomic mass is 10.0. The van der Waals surface area contributed by atoms with Crippen LogP contribution < -0.4 is 5.32 Å². The number of ether oxygens (including phenoxy) is 1. The molecule has 6 nitrogen and oxygen atoms in total. The highest BCUT2D eigenvalue weighted by Crippen LogP contribution is 2.18. The van der Waals surface area contributed by atoms with Gasteiger partial charge in [-0.2, -0.15) is 0 Å². The molecule has 6 heteroatoms.